The van der Waals surface area contributed by atoms with Gasteiger partial charge in [0.2, 0.25) is 0 Å². The molecule has 0 spiro atoms. The number of rotatable bonds is 11. The number of carbonyl (C=O) groups is 3. The molecule has 0 bridgehead atoms. The molecule has 0 aliphatic rings. The molecule has 3 amide bonds. The number of hydrogen-bond donors (Lipinski definition) is 4. The molecule has 0 radical (unpaired) electrons. The van der Waals surface area contributed by atoms with Crippen molar-refractivity contribution in [1.82, 2.24) is 5.32 Å². The predicted molar refractivity (Wildman–Crippen MR) is 139 cm³/mol. The number of aliphatic carboxylic acids is 1. The van der Waals surface area contributed by atoms with E-state index in [4.69, 9.17) is 5.11 Å². The van der Waals surface area contributed by atoms with Gasteiger partial charge in [0.05, 0.1) is 13.0 Å². The number of urea groups is 1. The Balaban J connectivity index is 1.76. The van der Waals surface area contributed by atoms with Crippen LogP contribution in [0.5, 0.6) is 5.75 Å². The summed E-state index contributed by atoms with van der Waals surface area (Å²) in [6, 6.07) is 20.6. The fraction of sp³-hybridized carbons (Fsp3) is 0.250. The monoisotopic (exact) mass is 489 g/mol. The zero-order chi connectivity index (χ0) is 25.9. The Labute approximate surface area is 210 Å². The van der Waals surface area contributed by atoms with Crippen molar-refractivity contribution >= 4 is 29.3 Å². The minimum absolute atomic E-state index is 0.0510. The second-order valence-corrected chi connectivity index (χ2v) is 8.43. The zero-order valence-corrected chi connectivity index (χ0v) is 20.2. The Morgan fingerprint density at radius 3 is 2.11 bits per heavy atom. The van der Waals surface area contributed by atoms with Gasteiger partial charge in [0.15, 0.2) is 0 Å². The van der Waals surface area contributed by atoms with Crippen LogP contribution in [-0.4, -0.2) is 34.7 Å². The van der Waals surface area contributed by atoms with Crippen LogP contribution < -0.4 is 15.5 Å². The number of unbranched alkanes of at least 4 members (excludes halogenated alkanes) is 1. The van der Waals surface area contributed by atoms with Crippen LogP contribution in [0.1, 0.15) is 47.7 Å². The first-order valence-electron chi connectivity index (χ1n) is 11.9. The van der Waals surface area contributed by atoms with E-state index in [1.807, 2.05) is 24.3 Å². The minimum atomic E-state index is -0.977. The number of carboxylic acids is 1. The van der Waals surface area contributed by atoms with E-state index in [1.165, 1.54) is 17.7 Å². The second-order valence-electron chi connectivity index (χ2n) is 8.43. The third-order valence-electron chi connectivity index (χ3n) is 5.61. The smallest absolute Gasteiger partial charge is 0.326 e. The van der Waals surface area contributed by atoms with Crippen LogP contribution in [0.2, 0.25) is 0 Å². The van der Waals surface area contributed by atoms with Gasteiger partial charge < -0.3 is 20.8 Å². The lowest BCUT2D eigenvalue weighted by atomic mass is 10.1. The van der Waals surface area contributed by atoms with Gasteiger partial charge in [-0.1, -0.05) is 37.6 Å². The third-order valence-corrected chi connectivity index (χ3v) is 5.61. The summed E-state index contributed by atoms with van der Waals surface area (Å²) in [6.45, 7) is 2.46. The molecule has 3 aromatic rings. The molecule has 188 valence electrons. The maximum absolute atomic E-state index is 13.2. The lowest BCUT2D eigenvalue weighted by molar-refractivity contribution is -0.136. The molecule has 0 aliphatic heterocycles. The Kier molecular flexibility index (Phi) is 9.45. The van der Waals surface area contributed by atoms with Gasteiger partial charge >= 0.3 is 12.0 Å². The van der Waals surface area contributed by atoms with Crippen LogP contribution >= 0.6 is 0 Å². The van der Waals surface area contributed by atoms with Gasteiger partial charge in [-0.05, 0) is 72.5 Å². The molecular weight excluding hydrogens is 458 g/mol. The molecule has 8 heteroatoms. The highest BCUT2D eigenvalue weighted by atomic mass is 16.4. The molecule has 3 aromatic carbocycles. The Morgan fingerprint density at radius 1 is 0.861 bits per heavy atom. The number of aryl methyl sites for hydroxylation is 1. The lowest BCUT2D eigenvalue weighted by Crippen LogP contribution is -2.34. The number of hydrogen-bond acceptors (Lipinski definition) is 4. The van der Waals surface area contributed by atoms with Gasteiger partial charge in [-0.25, -0.2) is 4.79 Å². The standard InChI is InChI=1S/C28H31N3O5/c1-2-3-4-20-7-13-24(14-8-20)31(28(36)30-23-11-15-25(32)16-12-23)19-21-5-9-22(10-6-21)27(35)29-18-17-26(33)34/h5-16,32H,2-4,17-19H2,1H3,(H,29,35)(H,30,36)(H,33,34). The van der Waals surface area contributed by atoms with E-state index in [0.717, 1.165) is 30.5 Å². The van der Waals surface area contributed by atoms with Gasteiger partial charge in [0.25, 0.3) is 5.91 Å². The molecule has 8 nitrogen and oxygen atoms in total. The number of amides is 3. The van der Waals surface area contributed by atoms with E-state index in [1.54, 1.807) is 41.3 Å². The second kappa shape index (κ2) is 12.9. The number of nitrogens with zero attached hydrogens (tertiary/aromatic N) is 1. The molecule has 4 N–H and O–H groups in total. The minimum Gasteiger partial charge on any atom is -0.508 e. The molecule has 0 fully saturated rings. The molecule has 0 unspecified atom stereocenters. The SMILES string of the molecule is CCCCc1ccc(N(Cc2ccc(C(=O)NCCC(=O)O)cc2)C(=O)Nc2ccc(O)cc2)cc1. The number of anilines is 2. The molecular formula is C28H31N3O5. The molecule has 0 atom stereocenters. The summed E-state index contributed by atoms with van der Waals surface area (Å²) in [6.07, 6.45) is 3.04. The summed E-state index contributed by atoms with van der Waals surface area (Å²) in [5.74, 6) is -1.22. The summed E-state index contributed by atoms with van der Waals surface area (Å²) in [4.78, 5) is 37.7. The molecule has 0 saturated heterocycles. The Bertz CT molecular complexity index is 1160. The van der Waals surface area contributed by atoms with Gasteiger partial charge in [0, 0.05) is 23.5 Å². The van der Waals surface area contributed by atoms with E-state index >= 15 is 0 Å². The Morgan fingerprint density at radius 2 is 1.50 bits per heavy atom. The fourth-order valence-corrected chi connectivity index (χ4v) is 3.57. The van der Waals surface area contributed by atoms with Crippen LogP contribution in [0, 0.1) is 0 Å². The van der Waals surface area contributed by atoms with Gasteiger partial charge in [-0.3, -0.25) is 14.5 Å². The largest absolute Gasteiger partial charge is 0.508 e. The maximum atomic E-state index is 13.2. The zero-order valence-electron chi connectivity index (χ0n) is 20.2. The van der Waals surface area contributed by atoms with E-state index in [9.17, 15) is 19.5 Å². The Hall–Kier alpha value is -4.33. The summed E-state index contributed by atoms with van der Waals surface area (Å²) in [7, 11) is 0. The van der Waals surface area contributed by atoms with Gasteiger partial charge in [-0.15, -0.1) is 0 Å². The first-order valence-corrected chi connectivity index (χ1v) is 11.9. The summed E-state index contributed by atoms with van der Waals surface area (Å²) < 4.78 is 0. The van der Waals surface area contributed by atoms with E-state index in [2.05, 4.69) is 17.6 Å². The van der Waals surface area contributed by atoms with Gasteiger partial charge in [-0.2, -0.15) is 0 Å². The van der Waals surface area contributed by atoms with Crippen LogP contribution in [0.4, 0.5) is 16.2 Å². The van der Waals surface area contributed by atoms with Crippen LogP contribution in [0.25, 0.3) is 0 Å². The topological polar surface area (TPSA) is 119 Å². The summed E-state index contributed by atoms with van der Waals surface area (Å²) in [5.41, 5.74) is 3.70. The van der Waals surface area contributed by atoms with Crippen LogP contribution in [0.15, 0.2) is 72.8 Å². The molecule has 0 aromatic heterocycles. The van der Waals surface area contributed by atoms with E-state index in [0.29, 0.717) is 11.3 Å². The van der Waals surface area contributed by atoms with Crippen molar-refractivity contribution in [3.05, 3.63) is 89.5 Å². The number of phenolic OH excluding ortho intramolecular Hbond substituents is 1. The van der Waals surface area contributed by atoms with Gasteiger partial charge in [0.1, 0.15) is 5.75 Å². The number of aromatic hydroxyl groups is 1. The maximum Gasteiger partial charge on any atom is 0.326 e. The van der Waals surface area contributed by atoms with Crippen molar-refractivity contribution in [2.75, 3.05) is 16.8 Å². The number of phenols is 1. The van der Waals surface area contributed by atoms with Crippen molar-refractivity contribution in [3.63, 3.8) is 0 Å². The predicted octanol–water partition coefficient (Wildman–Crippen LogP) is 5.18. The first kappa shape index (κ1) is 26.3. The molecule has 3 rings (SSSR count). The number of carbonyl (C=O) groups excluding carboxylic acids is 2. The van der Waals surface area contributed by atoms with E-state index < -0.39 is 5.97 Å². The highest BCUT2D eigenvalue weighted by Crippen LogP contribution is 2.22. The van der Waals surface area contributed by atoms with E-state index in [-0.39, 0.29) is 37.2 Å². The van der Waals surface area contributed by atoms with Crippen LogP contribution in [0.3, 0.4) is 0 Å². The molecule has 0 aliphatic carbocycles. The summed E-state index contributed by atoms with van der Waals surface area (Å²) in [5, 5.41) is 23.7. The highest BCUT2D eigenvalue weighted by molar-refractivity contribution is 6.01. The van der Waals surface area contributed by atoms with Crippen molar-refractivity contribution in [3.8, 4) is 5.75 Å². The van der Waals surface area contributed by atoms with Crippen molar-refractivity contribution in [2.24, 2.45) is 0 Å². The molecule has 0 saturated carbocycles. The average molecular weight is 490 g/mol. The quantitative estimate of drug-likeness (QED) is 0.277. The normalized spacial score (nSPS) is 10.5. The van der Waals surface area contributed by atoms with Crippen LogP contribution in [-0.2, 0) is 17.8 Å². The summed E-state index contributed by atoms with van der Waals surface area (Å²) >= 11 is 0. The average Bonchev–Trinajstić information content (AvgIpc) is 2.88. The third kappa shape index (κ3) is 7.87. The fourth-order valence-electron chi connectivity index (χ4n) is 3.57. The number of benzene rings is 3. The van der Waals surface area contributed by atoms with Crippen molar-refractivity contribution in [2.45, 2.75) is 39.2 Å². The lowest BCUT2D eigenvalue weighted by Gasteiger charge is -2.24. The first-order chi connectivity index (χ1) is 17.4. The molecule has 0 heterocycles. The molecule has 36 heavy (non-hydrogen) atoms. The van der Waals surface area contributed by atoms with Crippen molar-refractivity contribution < 1.29 is 24.6 Å². The van der Waals surface area contributed by atoms with Crippen molar-refractivity contribution in [1.29, 1.82) is 0 Å². The number of nitrogens with one attached hydrogen (secondary N) is 2. The number of carboxylic acid groups (broad SMARTS) is 1. The highest BCUT2D eigenvalue weighted by Gasteiger charge is 2.17.